The van der Waals surface area contributed by atoms with Gasteiger partial charge in [-0.15, -0.1) is 0 Å². The Bertz CT molecular complexity index is 809. The molecule has 144 valence electrons. The minimum Gasteiger partial charge on any atom is -0.481 e. The molecule has 1 heterocycles. The molecule has 0 fully saturated rings. The summed E-state index contributed by atoms with van der Waals surface area (Å²) in [5.74, 6) is -0.584. The van der Waals surface area contributed by atoms with E-state index in [1.165, 1.54) is 20.3 Å². The number of alkyl halides is 1. The first-order valence-corrected chi connectivity index (χ1v) is 8.61. The molecule has 2 atom stereocenters. The standard InChI is InChI=1S/C19H21FN2O5/c1-4-26-17(23)19(20)13-8-6-5-7-12(13)9-10-14(19)27-18-21-15(24-2)11-16(22-18)25-3/h5-8,11,14H,4,9-10H2,1-3H3. The third-order valence-electron chi connectivity index (χ3n) is 4.43. The molecule has 7 nitrogen and oxygen atoms in total. The van der Waals surface area contributed by atoms with Crippen LogP contribution in [0.5, 0.6) is 17.8 Å². The highest BCUT2D eigenvalue weighted by Gasteiger charge is 2.54. The van der Waals surface area contributed by atoms with Crippen molar-refractivity contribution in [1.29, 1.82) is 0 Å². The van der Waals surface area contributed by atoms with Crippen LogP contribution in [0.4, 0.5) is 4.39 Å². The SMILES string of the molecule is CCOC(=O)C1(F)c2ccccc2CCC1Oc1nc(OC)cc(OC)n1. The van der Waals surface area contributed by atoms with Gasteiger partial charge in [-0.25, -0.2) is 9.18 Å². The largest absolute Gasteiger partial charge is 0.481 e. The van der Waals surface area contributed by atoms with Gasteiger partial charge in [0, 0.05) is 5.56 Å². The van der Waals surface area contributed by atoms with Crippen molar-refractivity contribution in [2.45, 2.75) is 31.5 Å². The van der Waals surface area contributed by atoms with Gasteiger partial charge < -0.3 is 18.9 Å². The summed E-state index contributed by atoms with van der Waals surface area (Å²) in [5, 5.41) is 0. The van der Waals surface area contributed by atoms with Crippen molar-refractivity contribution in [2.24, 2.45) is 0 Å². The van der Waals surface area contributed by atoms with Crippen molar-refractivity contribution >= 4 is 5.97 Å². The van der Waals surface area contributed by atoms with Crippen LogP contribution in [0.1, 0.15) is 24.5 Å². The molecule has 1 aromatic heterocycles. The molecule has 0 N–H and O–H groups in total. The maximum atomic E-state index is 16.1. The highest BCUT2D eigenvalue weighted by Crippen LogP contribution is 2.42. The van der Waals surface area contributed by atoms with Gasteiger partial charge in [-0.05, 0) is 25.3 Å². The van der Waals surface area contributed by atoms with E-state index in [-0.39, 0.29) is 36.4 Å². The number of aryl methyl sites for hydroxylation is 1. The van der Waals surface area contributed by atoms with E-state index >= 15 is 4.39 Å². The Morgan fingerprint density at radius 2 is 1.89 bits per heavy atom. The van der Waals surface area contributed by atoms with E-state index in [2.05, 4.69) is 9.97 Å². The normalized spacial score (nSPS) is 21.1. The average molecular weight is 376 g/mol. The lowest BCUT2D eigenvalue weighted by atomic mass is 9.78. The molecule has 27 heavy (non-hydrogen) atoms. The number of methoxy groups -OCH3 is 2. The molecule has 1 aliphatic rings. The molecule has 3 rings (SSSR count). The molecule has 0 saturated heterocycles. The molecule has 2 aromatic rings. The van der Waals surface area contributed by atoms with Crippen LogP contribution in [0.25, 0.3) is 0 Å². The van der Waals surface area contributed by atoms with Crippen LogP contribution in [-0.4, -0.2) is 42.9 Å². The molecule has 0 amide bonds. The van der Waals surface area contributed by atoms with Gasteiger partial charge in [-0.3, -0.25) is 0 Å². The predicted octanol–water partition coefficient (Wildman–Crippen LogP) is 2.62. The summed E-state index contributed by atoms with van der Waals surface area (Å²) in [6, 6.07) is 8.19. The van der Waals surface area contributed by atoms with Crippen molar-refractivity contribution in [3.8, 4) is 17.8 Å². The number of ether oxygens (including phenoxy) is 4. The number of benzene rings is 1. The van der Waals surface area contributed by atoms with E-state index in [1.807, 2.05) is 6.07 Å². The van der Waals surface area contributed by atoms with Crippen LogP contribution < -0.4 is 14.2 Å². The summed E-state index contributed by atoms with van der Waals surface area (Å²) in [6.45, 7) is 1.69. The van der Waals surface area contributed by atoms with E-state index in [9.17, 15) is 4.79 Å². The first kappa shape index (κ1) is 18.9. The van der Waals surface area contributed by atoms with Gasteiger partial charge in [-0.2, -0.15) is 9.97 Å². The lowest BCUT2D eigenvalue weighted by Gasteiger charge is -2.36. The molecule has 0 aliphatic heterocycles. The summed E-state index contributed by atoms with van der Waals surface area (Å²) >= 11 is 0. The zero-order valence-corrected chi connectivity index (χ0v) is 15.4. The Hall–Kier alpha value is -2.90. The topological polar surface area (TPSA) is 79.8 Å². The van der Waals surface area contributed by atoms with Crippen molar-refractivity contribution < 1.29 is 28.1 Å². The fourth-order valence-electron chi connectivity index (χ4n) is 3.14. The van der Waals surface area contributed by atoms with Crippen molar-refractivity contribution in [1.82, 2.24) is 9.97 Å². The molecule has 8 heteroatoms. The number of esters is 1. The number of hydrogen-bond donors (Lipinski definition) is 0. The molecule has 0 saturated carbocycles. The Morgan fingerprint density at radius 3 is 2.52 bits per heavy atom. The average Bonchev–Trinajstić information content (AvgIpc) is 2.70. The molecule has 0 radical (unpaired) electrons. The van der Waals surface area contributed by atoms with E-state index in [0.717, 1.165) is 5.56 Å². The second-order valence-corrected chi connectivity index (χ2v) is 5.97. The summed E-state index contributed by atoms with van der Waals surface area (Å²) in [7, 11) is 2.86. The fraction of sp³-hybridized carbons (Fsp3) is 0.421. The molecule has 2 unspecified atom stereocenters. The molecular formula is C19H21FN2O5. The van der Waals surface area contributed by atoms with E-state index in [4.69, 9.17) is 18.9 Å². The summed E-state index contributed by atoms with van der Waals surface area (Å²) in [4.78, 5) is 20.7. The van der Waals surface area contributed by atoms with Crippen molar-refractivity contribution in [2.75, 3.05) is 20.8 Å². The van der Waals surface area contributed by atoms with Crippen LogP contribution in [0, 0.1) is 0 Å². The van der Waals surface area contributed by atoms with Crippen LogP contribution >= 0.6 is 0 Å². The van der Waals surface area contributed by atoms with Gasteiger partial charge in [0.15, 0.2) is 6.10 Å². The summed E-state index contributed by atoms with van der Waals surface area (Å²) in [6.07, 6.45) is -0.342. The number of nitrogens with zero attached hydrogens (tertiary/aromatic N) is 2. The maximum Gasteiger partial charge on any atom is 0.352 e. The minimum absolute atomic E-state index is 0.0584. The zero-order chi connectivity index (χ0) is 19.4. The van der Waals surface area contributed by atoms with Gasteiger partial charge in [-0.1, -0.05) is 24.3 Å². The number of halogens is 1. The maximum absolute atomic E-state index is 16.1. The first-order valence-electron chi connectivity index (χ1n) is 8.61. The zero-order valence-electron chi connectivity index (χ0n) is 15.4. The lowest BCUT2D eigenvalue weighted by Crippen LogP contribution is -2.50. The molecular weight excluding hydrogens is 355 g/mol. The Kier molecular flexibility index (Phi) is 5.43. The van der Waals surface area contributed by atoms with Crippen molar-refractivity contribution in [3.63, 3.8) is 0 Å². The number of aromatic nitrogens is 2. The van der Waals surface area contributed by atoms with Crippen LogP contribution in [0.3, 0.4) is 0 Å². The smallest absolute Gasteiger partial charge is 0.352 e. The van der Waals surface area contributed by atoms with Crippen LogP contribution in [0.15, 0.2) is 30.3 Å². The molecule has 0 spiro atoms. The van der Waals surface area contributed by atoms with E-state index < -0.39 is 17.7 Å². The predicted molar refractivity (Wildman–Crippen MR) is 93.7 cm³/mol. The molecule has 0 bridgehead atoms. The Balaban J connectivity index is 2.00. The van der Waals surface area contributed by atoms with Gasteiger partial charge in [0.2, 0.25) is 11.8 Å². The van der Waals surface area contributed by atoms with Gasteiger partial charge in [0.1, 0.15) is 0 Å². The van der Waals surface area contributed by atoms with Gasteiger partial charge in [0.25, 0.3) is 5.67 Å². The Labute approximate surface area is 156 Å². The fourth-order valence-corrected chi connectivity index (χ4v) is 3.14. The lowest BCUT2D eigenvalue weighted by molar-refractivity contribution is -0.167. The second-order valence-electron chi connectivity index (χ2n) is 5.97. The van der Waals surface area contributed by atoms with Crippen molar-refractivity contribution in [3.05, 3.63) is 41.5 Å². The summed E-state index contributed by atoms with van der Waals surface area (Å²) < 4.78 is 37.0. The van der Waals surface area contributed by atoms with Gasteiger partial charge in [0.05, 0.1) is 26.9 Å². The molecule has 1 aromatic carbocycles. The number of rotatable bonds is 6. The number of fused-ring (bicyclic) bond motifs is 1. The number of hydrogen-bond acceptors (Lipinski definition) is 7. The number of carbonyl (C=O) groups excluding carboxylic acids is 1. The first-order chi connectivity index (χ1) is 13.0. The summed E-state index contributed by atoms with van der Waals surface area (Å²) in [5.41, 5.74) is -1.48. The Morgan fingerprint density at radius 1 is 1.22 bits per heavy atom. The second kappa shape index (κ2) is 7.77. The third-order valence-corrected chi connectivity index (χ3v) is 4.43. The third kappa shape index (κ3) is 3.51. The monoisotopic (exact) mass is 376 g/mol. The molecule has 1 aliphatic carbocycles. The minimum atomic E-state index is -2.47. The van der Waals surface area contributed by atoms with E-state index in [1.54, 1.807) is 25.1 Å². The highest BCUT2D eigenvalue weighted by molar-refractivity contribution is 5.83. The highest BCUT2D eigenvalue weighted by atomic mass is 19.1. The van der Waals surface area contributed by atoms with Gasteiger partial charge >= 0.3 is 12.0 Å². The number of carbonyl (C=O) groups is 1. The van der Waals surface area contributed by atoms with E-state index in [0.29, 0.717) is 6.42 Å². The van der Waals surface area contributed by atoms with Crippen LogP contribution in [-0.2, 0) is 21.6 Å². The van der Waals surface area contributed by atoms with Crippen LogP contribution in [0.2, 0.25) is 0 Å². The quantitative estimate of drug-likeness (QED) is 0.717.